The summed E-state index contributed by atoms with van der Waals surface area (Å²) in [6, 6.07) is 13.1. The van der Waals surface area contributed by atoms with Gasteiger partial charge in [0.15, 0.2) is 0 Å². The van der Waals surface area contributed by atoms with E-state index in [1.807, 2.05) is 19.2 Å². The lowest BCUT2D eigenvalue weighted by Crippen LogP contribution is -2.18. The zero-order chi connectivity index (χ0) is 15.4. The summed E-state index contributed by atoms with van der Waals surface area (Å²) in [5, 5.41) is 0. The van der Waals surface area contributed by atoms with Crippen molar-refractivity contribution in [3.8, 4) is 0 Å². The Bertz CT molecular complexity index is 655. The average molecular weight is 302 g/mol. The lowest BCUT2D eigenvalue weighted by molar-refractivity contribution is 0.318. The average Bonchev–Trinajstić information content (AvgIpc) is 2.37. The number of nitrogens with zero attached hydrogens (tertiary/aromatic N) is 1. The molecule has 0 heterocycles. The van der Waals surface area contributed by atoms with E-state index >= 15 is 0 Å². The second-order valence-corrected chi connectivity index (χ2v) is 5.81. The largest absolute Gasteiger partial charge is 0.389 e. The monoisotopic (exact) mass is 302 g/mol. The van der Waals surface area contributed by atoms with Crippen molar-refractivity contribution in [2.75, 3.05) is 7.05 Å². The van der Waals surface area contributed by atoms with Crippen LogP contribution < -0.4 is 5.73 Å². The van der Waals surface area contributed by atoms with E-state index in [9.17, 15) is 4.39 Å². The van der Waals surface area contributed by atoms with Gasteiger partial charge in [-0.1, -0.05) is 42.0 Å². The molecule has 0 amide bonds. The van der Waals surface area contributed by atoms with Crippen molar-refractivity contribution in [2.24, 2.45) is 5.73 Å². The molecule has 0 aliphatic carbocycles. The third-order valence-corrected chi connectivity index (χ3v) is 3.47. The summed E-state index contributed by atoms with van der Waals surface area (Å²) in [5.41, 5.74) is 9.49. The standard InChI is InChI=1S/C17H19FN2S/c1-12-4-3-5-13(6-12)10-20(2)11-14-7-15(17(19)21)9-16(18)8-14/h3-9H,10-11H2,1-2H3,(H2,19,21). The van der Waals surface area contributed by atoms with Gasteiger partial charge >= 0.3 is 0 Å². The summed E-state index contributed by atoms with van der Waals surface area (Å²) >= 11 is 4.91. The van der Waals surface area contributed by atoms with Crippen molar-refractivity contribution in [2.45, 2.75) is 20.0 Å². The molecule has 0 saturated heterocycles. The number of hydrogen-bond acceptors (Lipinski definition) is 2. The Kier molecular flexibility index (Phi) is 5.04. The molecule has 2 aromatic rings. The predicted octanol–water partition coefficient (Wildman–Crippen LogP) is 3.40. The van der Waals surface area contributed by atoms with E-state index in [-0.39, 0.29) is 10.8 Å². The van der Waals surface area contributed by atoms with Gasteiger partial charge in [-0.05, 0) is 43.3 Å². The number of rotatable bonds is 5. The van der Waals surface area contributed by atoms with Crippen LogP contribution in [-0.4, -0.2) is 16.9 Å². The van der Waals surface area contributed by atoms with Gasteiger partial charge in [0, 0.05) is 18.7 Å². The van der Waals surface area contributed by atoms with Gasteiger partial charge in [0.2, 0.25) is 0 Å². The van der Waals surface area contributed by atoms with Crippen LogP contribution in [0.5, 0.6) is 0 Å². The number of thiocarbonyl (C=S) groups is 1. The fraction of sp³-hybridized carbons (Fsp3) is 0.235. The summed E-state index contributed by atoms with van der Waals surface area (Å²) in [7, 11) is 2.01. The highest BCUT2D eigenvalue weighted by molar-refractivity contribution is 7.80. The Morgan fingerprint density at radius 1 is 1.14 bits per heavy atom. The molecule has 2 aromatic carbocycles. The Hall–Kier alpha value is -1.78. The summed E-state index contributed by atoms with van der Waals surface area (Å²) < 4.78 is 13.6. The van der Waals surface area contributed by atoms with Gasteiger partial charge < -0.3 is 5.73 Å². The van der Waals surface area contributed by atoms with Gasteiger partial charge in [0.25, 0.3) is 0 Å². The van der Waals surface area contributed by atoms with E-state index in [2.05, 4.69) is 30.0 Å². The summed E-state index contributed by atoms with van der Waals surface area (Å²) in [5.74, 6) is -0.306. The highest BCUT2D eigenvalue weighted by atomic mass is 32.1. The number of halogens is 1. The van der Waals surface area contributed by atoms with Crippen LogP contribution in [-0.2, 0) is 13.1 Å². The Balaban J connectivity index is 2.09. The van der Waals surface area contributed by atoms with E-state index in [4.69, 9.17) is 18.0 Å². The van der Waals surface area contributed by atoms with E-state index in [1.165, 1.54) is 23.3 Å². The van der Waals surface area contributed by atoms with Crippen LogP contribution in [0, 0.1) is 12.7 Å². The Morgan fingerprint density at radius 3 is 2.52 bits per heavy atom. The normalized spacial score (nSPS) is 10.9. The lowest BCUT2D eigenvalue weighted by Gasteiger charge is -2.17. The molecule has 0 bridgehead atoms. The number of benzene rings is 2. The van der Waals surface area contributed by atoms with Gasteiger partial charge in [-0.25, -0.2) is 4.39 Å². The molecule has 0 unspecified atom stereocenters. The van der Waals surface area contributed by atoms with Crippen molar-refractivity contribution in [1.82, 2.24) is 4.90 Å². The molecule has 0 aliphatic heterocycles. The molecule has 21 heavy (non-hydrogen) atoms. The van der Waals surface area contributed by atoms with Crippen LogP contribution in [0.2, 0.25) is 0 Å². The topological polar surface area (TPSA) is 29.3 Å². The molecule has 0 fully saturated rings. The lowest BCUT2D eigenvalue weighted by atomic mass is 10.1. The molecule has 0 saturated carbocycles. The first-order chi connectivity index (χ1) is 9.94. The van der Waals surface area contributed by atoms with Gasteiger partial charge in [0.1, 0.15) is 10.8 Å². The van der Waals surface area contributed by atoms with Crippen LogP contribution in [0.3, 0.4) is 0 Å². The predicted molar refractivity (Wildman–Crippen MR) is 88.6 cm³/mol. The molecule has 0 spiro atoms. The summed E-state index contributed by atoms with van der Waals surface area (Å²) in [6.45, 7) is 3.52. The van der Waals surface area contributed by atoms with Gasteiger partial charge in [-0.3, -0.25) is 4.90 Å². The molecule has 2 rings (SSSR count). The van der Waals surface area contributed by atoms with Crippen LogP contribution in [0.4, 0.5) is 4.39 Å². The molecule has 2 N–H and O–H groups in total. The first-order valence-electron chi connectivity index (χ1n) is 6.77. The van der Waals surface area contributed by atoms with Crippen LogP contribution in [0.25, 0.3) is 0 Å². The quantitative estimate of drug-likeness (QED) is 0.858. The van der Waals surface area contributed by atoms with Crippen molar-refractivity contribution in [3.05, 3.63) is 70.5 Å². The third kappa shape index (κ3) is 4.62. The maximum atomic E-state index is 13.6. The van der Waals surface area contributed by atoms with E-state index in [0.29, 0.717) is 12.1 Å². The molecule has 0 atom stereocenters. The molecular weight excluding hydrogens is 283 g/mol. The minimum atomic E-state index is -0.306. The molecule has 2 nitrogen and oxygen atoms in total. The first kappa shape index (κ1) is 15.6. The fourth-order valence-electron chi connectivity index (χ4n) is 2.37. The minimum absolute atomic E-state index is 0.220. The molecule has 4 heteroatoms. The SMILES string of the molecule is Cc1cccc(CN(C)Cc2cc(F)cc(C(N)=S)c2)c1. The van der Waals surface area contributed by atoms with E-state index < -0.39 is 0 Å². The van der Waals surface area contributed by atoms with Crippen molar-refractivity contribution < 1.29 is 4.39 Å². The highest BCUT2D eigenvalue weighted by Crippen LogP contribution is 2.13. The van der Waals surface area contributed by atoms with E-state index in [1.54, 1.807) is 0 Å². The minimum Gasteiger partial charge on any atom is -0.389 e. The van der Waals surface area contributed by atoms with Crippen molar-refractivity contribution in [1.29, 1.82) is 0 Å². The highest BCUT2D eigenvalue weighted by Gasteiger charge is 2.06. The van der Waals surface area contributed by atoms with E-state index in [0.717, 1.165) is 12.1 Å². The maximum absolute atomic E-state index is 13.6. The summed E-state index contributed by atoms with van der Waals surface area (Å²) in [6.07, 6.45) is 0. The Morgan fingerprint density at radius 2 is 1.86 bits per heavy atom. The van der Waals surface area contributed by atoms with Crippen LogP contribution in [0.1, 0.15) is 22.3 Å². The molecular formula is C17H19FN2S. The van der Waals surface area contributed by atoms with Crippen LogP contribution in [0.15, 0.2) is 42.5 Å². The van der Waals surface area contributed by atoms with Gasteiger partial charge in [0.05, 0.1) is 0 Å². The van der Waals surface area contributed by atoms with Crippen molar-refractivity contribution >= 4 is 17.2 Å². The Labute approximate surface area is 130 Å². The fourth-order valence-corrected chi connectivity index (χ4v) is 2.49. The number of hydrogen-bond donors (Lipinski definition) is 1. The first-order valence-corrected chi connectivity index (χ1v) is 7.18. The summed E-state index contributed by atoms with van der Waals surface area (Å²) in [4.78, 5) is 2.35. The molecule has 0 aromatic heterocycles. The van der Waals surface area contributed by atoms with Crippen LogP contribution >= 0.6 is 12.2 Å². The zero-order valence-corrected chi connectivity index (χ0v) is 13.1. The second kappa shape index (κ2) is 6.78. The molecule has 110 valence electrons. The van der Waals surface area contributed by atoms with Crippen molar-refractivity contribution in [3.63, 3.8) is 0 Å². The zero-order valence-electron chi connectivity index (χ0n) is 12.3. The number of nitrogens with two attached hydrogens (primary N) is 1. The number of aryl methyl sites for hydroxylation is 1. The second-order valence-electron chi connectivity index (χ2n) is 5.37. The molecule has 0 aliphatic rings. The van der Waals surface area contributed by atoms with Gasteiger partial charge in [-0.15, -0.1) is 0 Å². The molecule has 0 radical (unpaired) electrons. The maximum Gasteiger partial charge on any atom is 0.124 e. The third-order valence-electron chi connectivity index (χ3n) is 3.23. The van der Waals surface area contributed by atoms with Gasteiger partial charge in [-0.2, -0.15) is 0 Å². The smallest absolute Gasteiger partial charge is 0.124 e.